The number of piperidine rings is 1. The Morgan fingerprint density at radius 1 is 1.25 bits per heavy atom. The number of β-amino-alcohol motifs (C(OH)–C–C–N with tert-alkyl or cyclic N) is 1. The second-order valence-corrected chi connectivity index (χ2v) is 4.82. The van der Waals surface area contributed by atoms with Gasteiger partial charge in [-0.25, -0.2) is 0 Å². The van der Waals surface area contributed by atoms with E-state index in [2.05, 4.69) is 0 Å². The number of hydrogen-bond donors (Lipinski definition) is 1. The van der Waals surface area contributed by atoms with Crippen molar-refractivity contribution in [2.24, 2.45) is 5.92 Å². The molecule has 1 heterocycles. The molecule has 1 N–H and O–H groups in total. The van der Waals surface area contributed by atoms with Crippen LogP contribution in [0.1, 0.15) is 46.5 Å². The normalized spacial score (nSPS) is 19.4. The highest BCUT2D eigenvalue weighted by molar-refractivity contribution is 5.97. The second kappa shape index (κ2) is 4.95. The lowest BCUT2D eigenvalue weighted by Crippen LogP contribution is -2.50. The quantitative estimate of drug-likeness (QED) is 0.737. The predicted octanol–water partition coefficient (Wildman–Crippen LogP) is 1.32. The van der Waals surface area contributed by atoms with Crippen molar-refractivity contribution in [2.75, 3.05) is 6.54 Å². The number of imide groups is 1. The van der Waals surface area contributed by atoms with E-state index in [9.17, 15) is 14.7 Å². The van der Waals surface area contributed by atoms with Gasteiger partial charge < -0.3 is 5.11 Å². The highest BCUT2D eigenvalue weighted by atomic mass is 16.3. The lowest BCUT2D eigenvalue weighted by molar-refractivity contribution is -0.154. The summed E-state index contributed by atoms with van der Waals surface area (Å²) in [6, 6.07) is 0. The molecule has 1 aliphatic heterocycles. The first-order valence-electron chi connectivity index (χ1n) is 5.97. The first-order chi connectivity index (χ1) is 7.41. The average Bonchev–Trinajstić information content (AvgIpc) is 2.23. The molecule has 0 aliphatic carbocycles. The van der Waals surface area contributed by atoms with Crippen LogP contribution in [-0.2, 0) is 9.59 Å². The minimum Gasteiger partial charge on any atom is -0.388 e. The predicted molar refractivity (Wildman–Crippen MR) is 60.6 cm³/mol. The van der Waals surface area contributed by atoms with Crippen LogP contribution in [0.4, 0.5) is 0 Å². The lowest BCUT2D eigenvalue weighted by atomic mass is 9.93. The number of likely N-dealkylation sites (tertiary alicyclic amines) is 1. The van der Waals surface area contributed by atoms with Crippen LogP contribution in [0, 0.1) is 5.92 Å². The largest absolute Gasteiger partial charge is 0.388 e. The van der Waals surface area contributed by atoms with Crippen molar-refractivity contribution in [1.82, 2.24) is 4.90 Å². The highest BCUT2D eigenvalue weighted by Gasteiger charge is 2.35. The molecule has 1 rings (SSSR count). The third-order valence-electron chi connectivity index (χ3n) is 3.42. The summed E-state index contributed by atoms with van der Waals surface area (Å²) < 4.78 is 0. The van der Waals surface area contributed by atoms with E-state index in [0.717, 1.165) is 0 Å². The topological polar surface area (TPSA) is 57.6 Å². The fraction of sp³-hybridized carbons (Fsp3) is 0.833. The zero-order chi connectivity index (χ0) is 12.3. The molecular formula is C12H21NO3. The molecule has 0 radical (unpaired) electrons. The van der Waals surface area contributed by atoms with Crippen molar-refractivity contribution in [1.29, 1.82) is 0 Å². The van der Waals surface area contributed by atoms with Crippen molar-refractivity contribution in [3.05, 3.63) is 0 Å². The summed E-state index contributed by atoms with van der Waals surface area (Å²) in [6.07, 6.45) is 1.93. The summed E-state index contributed by atoms with van der Waals surface area (Å²) in [5.74, 6) is -0.166. The van der Waals surface area contributed by atoms with E-state index in [1.165, 1.54) is 4.90 Å². The molecule has 0 aromatic heterocycles. The molecule has 1 fully saturated rings. The molecule has 1 aliphatic rings. The Hall–Kier alpha value is -0.900. The van der Waals surface area contributed by atoms with Crippen LogP contribution in [0.3, 0.4) is 0 Å². The second-order valence-electron chi connectivity index (χ2n) is 4.82. The lowest BCUT2D eigenvalue weighted by Gasteiger charge is -2.35. The molecule has 0 saturated carbocycles. The highest BCUT2D eigenvalue weighted by Crippen LogP contribution is 2.23. The number of aliphatic hydroxyl groups is 1. The third-order valence-corrected chi connectivity index (χ3v) is 3.42. The fourth-order valence-electron chi connectivity index (χ4n) is 1.97. The van der Waals surface area contributed by atoms with E-state index in [-0.39, 0.29) is 24.3 Å². The van der Waals surface area contributed by atoms with Gasteiger partial charge in [0.1, 0.15) is 0 Å². The van der Waals surface area contributed by atoms with Gasteiger partial charge in [0.25, 0.3) is 0 Å². The molecule has 1 saturated heterocycles. The Morgan fingerprint density at radius 3 is 2.06 bits per heavy atom. The zero-order valence-electron chi connectivity index (χ0n) is 10.3. The van der Waals surface area contributed by atoms with Crippen LogP contribution in [0.5, 0.6) is 0 Å². The molecule has 0 aromatic carbocycles. The van der Waals surface area contributed by atoms with Crippen LogP contribution in [0.15, 0.2) is 0 Å². The van der Waals surface area contributed by atoms with E-state index in [1.54, 1.807) is 0 Å². The van der Waals surface area contributed by atoms with Gasteiger partial charge in [-0.05, 0) is 18.8 Å². The zero-order valence-corrected chi connectivity index (χ0v) is 10.3. The van der Waals surface area contributed by atoms with Crippen molar-refractivity contribution >= 4 is 11.8 Å². The number of carbonyl (C=O) groups excluding carboxylic acids is 2. The van der Waals surface area contributed by atoms with Gasteiger partial charge in [0.15, 0.2) is 0 Å². The molecule has 0 unspecified atom stereocenters. The van der Waals surface area contributed by atoms with E-state index < -0.39 is 5.60 Å². The third kappa shape index (κ3) is 2.82. The van der Waals surface area contributed by atoms with E-state index in [0.29, 0.717) is 25.7 Å². The maximum Gasteiger partial charge on any atom is 0.229 e. The van der Waals surface area contributed by atoms with Crippen molar-refractivity contribution in [3.8, 4) is 0 Å². The van der Waals surface area contributed by atoms with Crippen LogP contribution in [0.2, 0.25) is 0 Å². The molecule has 92 valence electrons. The fourth-order valence-corrected chi connectivity index (χ4v) is 1.97. The SMILES string of the molecule is CCC(O)(CC)CN1C(=O)CC(C)CC1=O. The van der Waals surface area contributed by atoms with Crippen molar-refractivity contribution in [2.45, 2.75) is 52.1 Å². The van der Waals surface area contributed by atoms with Crippen LogP contribution in [-0.4, -0.2) is 34.0 Å². The van der Waals surface area contributed by atoms with Gasteiger partial charge in [-0.2, -0.15) is 0 Å². The molecule has 0 atom stereocenters. The standard InChI is InChI=1S/C12H21NO3/c1-4-12(16,5-2)8-13-10(14)6-9(3)7-11(13)15/h9,16H,4-8H2,1-3H3. The van der Waals surface area contributed by atoms with Gasteiger partial charge in [-0.3, -0.25) is 14.5 Å². The average molecular weight is 227 g/mol. The molecule has 16 heavy (non-hydrogen) atoms. The molecule has 0 spiro atoms. The Kier molecular flexibility index (Phi) is 4.08. The van der Waals surface area contributed by atoms with Gasteiger partial charge in [-0.1, -0.05) is 20.8 Å². The number of amides is 2. The minimum atomic E-state index is -0.925. The molecular weight excluding hydrogens is 206 g/mol. The molecule has 4 nitrogen and oxygen atoms in total. The Morgan fingerprint density at radius 2 is 1.69 bits per heavy atom. The molecule has 4 heteroatoms. The summed E-state index contributed by atoms with van der Waals surface area (Å²) >= 11 is 0. The summed E-state index contributed by atoms with van der Waals surface area (Å²) in [7, 11) is 0. The molecule has 0 aromatic rings. The van der Waals surface area contributed by atoms with E-state index in [4.69, 9.17) is 0 Å². The van der Waals surface area contributed by atoms with E-state index >= 15 is 0 Å². The summed E-state index contributed by atoms with van der Waals surface area (Å²) in [4.78, 5) is 24.7. The summed E-state index contributed by atoms with van der Waals surface area (Å²) in [5, 5.41) is 10.1. The van der Waals surface area contributed by atoms with Gasteiger partial charge in [0.2, 0.25) is 11.8 Å². The van der Waals surface area contributed by atoms with Gasteiger partial charge in [0.05, 0.1) is 12.1 Å². The van der Waals surface area contributed by atoms with Gasteiger partial charge in [0, 0.05) is 12.8 Å². The maximum absolute atomic E-state index is 11.7. The first kappa shape index (κ1) is 13.2. The molecule has 2 amide bonds. The van der Waals surface area contributed by atoms with Crippen molar-refractivity contribution < 1.29 is 14.7 Å². The number of hydrogen-bond acceptors (Lipinski definition) is 3. The first-order valence-corrected chi connectivity index (χ1v) is 5.97. The van der Waals surface area contributed by atoms with Crippen LogP contribution in [0.25, 0.3) is 0 Å². The van der Waals surface area contributed by atoms with Crippen molar-refractivity contribution in [3.63, 3.8) is 0 Å². The summed E-state index contributed by atoms with van der Waals surface area (Å²) in [5.41, 5.74) is -0.925. The van der Waals surface area contributed by atoms with Crippen LogP contribution >= 0.6 is 0 Å². The monoisotopic (exact) mass is 227 g/mol. The number of rotatable bonds is 4. The van der Waals surface area contributed by atoms with Gasteiger partial charge in [-0.15, -0.1) is 0 Å². The minimum absolute atomic E-state index is 0.132. The number of carbonyl (C=O) groups is 2. The van der Waals surface area contributed by atoms with Gasteiger partial charge >= 0.3 is 0 Å². The Labute approximate surface area is 96.6 Å². The Balaban J connectivity index is 2.72. The summed E-state index contributed by atoms with van der Waals surface area (Å²) in [6.45, 7) is 5.78. The smallest absolute Gasteiger partial charge is 0.229 e. The van der Waals surface area contributed by atoms with Crippen LogP contribution < -0.4 is 0 Å². The Bertz CT molecular complexity index is 266. The maximum atomic E-state index is 11.7. The number of nitrogens with zero attached hydrogens (tertiary/aromatic N) is 1. The van der Waals surface area contributed by atoms with E-state index in [1.807, 2.05) is 20.8 Å². The molecule has 0 bridgehead atoms.